The molecule has 0 spiro atoms. The lowest BCUT2D eigenvalue weighted by Gasteiger charge is -2.14. The minimum Gasteiger partial charge on any atom is -0.490 e. The molecule has 25 heavy (non-hydrogen) atoms. The number of benzene rings is 1. The Hall–Kier alpha value is -1.71. The quantitative estimate of drug-likeness (QED) is 0.488. The Kier molecular flexibility index (Phi) is 8.10. The van der Waals surface area contributed by atoms with Crippen LogP contribution in [-0.4, -0.2) is 31.1 Å². The lowest BCUT2D eigenvalue weighted by molar-refractivity contribution is 0.0816. The second-order valence-electron chi connectivity index (χ2n) is 6.94. The summed E-state index contributed by atoms with van der Waals surface area (Å²) in [4.78, 5) is 14.0. The summed E-state index contributed by atoms with van der Waals surface area (Å²) in [6.45, 7) is 6.44. The number of fused-ring (bicyclic) bond motifs is 1. The van der Waals surface area contributed by atoms with Gasteiger partial charge in [-0.1, -0.05) is 52.4 Å². The van der Waals surface area contributed by atoms with Crippen molar-refractivity contribution in [2.45, 2.75) is 71.8 Å². The highest BCUT2D eigenvalue weighted by Gasteiger charge is 2.27. The highest BCUT2D eigenvalue weighted by Crippen LogP contribution is 2.35. The van der Waals surface area contributed by atoms with Crippen LogP contribution in [0.3, 0.4) is 0 Å². The van der Waals surface area contributed by atoms with Gasteiger partial charge >= 0.3 is 0 Å². The molecule has 1 aromatic carbocycles. The highest BCUT2D eigenvalue weighted by atomic mass is 16.5. The topological polar surface area (TPSA) is 38.8 Å². The first kappa shape index (κ1) is 19.6. The van der Waals surface area contributed by atoms with Crippen LogP contribution in [0.1, 0.15) is 81.1 Å². The molecule has 1 aliphatic rings. The van der Waals surface area contributed by atoms with Crippen molar-refractivity contribution in [1.82, 2.24) is 4.90 Å². The summed E-state index contributed by atoms with van der Waals surface area (Å²) in [5.41, 5.74) is 1.79. The van der Waals surface area contributed by atoms with E-state index in [-0.39, 0.29) is 5.91 Å². The van der Waals surface area contributed by atoms with Gasteiger partial charge in [0.1, 0.15) is 0 Å². The third kappa shape index (κ3) is 5.65. The number of hydrogen-bond donors (Lipinski definition) is 0. The van der Waals surface area contributed by atoms with Crippen molar-refractivity contribution in [2.75, 3.05) is 20.3 Å². The average Bonchev–Trinajstić information content (AvgIpc) is 2.88. The van der Waals surface area contributed by atoms with Crippen molar-refractivity contribution in [3.8, 4) is 11.5 Å². The first-order chi connectivity index (χ1) is 12.2. The Labute approximate surface area is 152 Å². The molecule has 1 amide bonds. The molecule has 140 valence electrons. The smallest absolute Gasteiger partial charge is 0.254 e. The summed E-state index contributed by atoms with van der Waals surface area (Å²) in [5.74, 6) is 1.57. The molecule has 2 rings (SSSR count). The SMILES string of the molecule is CCCCCCOc1cc2c(cc1OCCCCCC)C(=O)N(C)C2. The van der Waals surface area contributed by atoms with E-state index >= 15 is 0 Å². The molecule has 1 aromatic rings. The Bertz CT molecular complexity index is 556. The Morgan fingerprint density at radius 3 is 2.00 bits per heavy atom. The van der Waals surface area contributed by atoms with Crippen molar-refractivity contribution in [3.05, 3.63) is 23.3 Å². The minimum absolute atomic E-state index is 0.0697. The zero-order valence-corrected chi connectivity index (χ0v) is 16.1. The lowest BCUT2D eigenvalue weighted by atomic mass is 10.1. The number of rotatable bonds is 12. The lowest BCUT2D eigenvalue weighted by Crippen LogP contribution is -2.17. The first-order valence-corrected chi connectivity index (χ1v) is 9.85. The molecule has 0 bridgehead atoms. The minimum atomic E-state index is 0.0697. The van der Waals surface area contributed by atoms with Crippen molar-refractivity contribution in [3.63, 3.8) is 0 Å². The fourth-order valence-corrected chi connectivity index (χ4v) is 3.11. The van der Waals surface area contributed by atoms with Crippen LogP contribution >= 0.6 is 0 Å². The summed E-state index contributed by atoms with van der Waals surface area (Å²) in [6, 6.07) is 3.88. The first-order valence-electron chi connectivity index (χ1n) is 9.85. The van der Waals surface area contributed by atoms with Crippen LogP contribution in [-0.2, 0) is 6.54 Å². The van der Waals surface area contributed by atoms with Gasteiger partial charge in [0.25, 0.3) is 5.91 Å². The maximum atomic E-state index is 12.2. The third-order valence-electron chi connectivity index (χ3n) is 4.67. The second-order valence-corrected chi connectivity index (χ2v) is 6.94. The van der Waals surface area contributed by atoms with Gasteiger partial charge in [0.05, 0.1) is 13.2 Å². The Balaban J connectivity index is 2.01. The van der Waals surface area contributed by atoms with Gasteiger partial charge in [-0.15, -0.1) is 0 Å². The molecule has 0 unspecified atom stereocenters. The molecular weight excluding hydrogens is 314 g/mol. The molecule has 0 aliphatic carbocycles. The number of carbonyl (C=O) groups is 1. The van der Waals surface area contributed by atoms with Gasteiger partial charge in [-0.2, -0.15) is 0 Å². The third-order valence-corrected chi connectivity index (χ3v) is 4.67. The molecular formula is C21H33NO3. The van der Waals surface area contributed by atoms with E-state index in [9.17, 15) is 4.79 Å². The molecule has 4 nitrogen and oxygen atoms in total. The molecule has 0 fully saturated rings. The zero-order chi connectivity index (χ0) is 18.1. The number of carbonyl (C=O) groups excluding carboxylic acids is 1. The van der Waals surface area contributed by atoms with Crippen molar-refractivity contribution in [1.29, 1.82) is 0 Å². The number of amides is 1. The largest absolute Gasteiger partial charge is 0.490 e. The molecule has 0 saturated carbocycles. The van der Waals surface area contributed by atoms with Gasteiger partial charge < -0.3 is 14.4 Å². The van der Waals surface area contributed by atoms with Gasteiger partial charge in [0, 0.05) is 19.2 Å². The standard InChI is InChI=1S/C21H33NO3/c1-4-6-8-10-12-24-19-14-17-16-22(3)21(23)18(17)15-20(19)25-13-11-9-7-5-2/h14-15H,4-13,16H2,1-3H3. The predicted octanol–water partition coefficient (Wildman–Crippen LogP) is 5.19. The maximum absolute atomic E-state index is 12.2. The van der Waals surface area contributed by atoms with Crippen molar-refractivity contribution in [2.24, 2.45) is 0 Å². The van der Waals surface area contributed by atoms with E-state index in [0.29, 0.717) is 19.8 Å². The second kappa shape index (κ2) is 10.3. The van der Waals surface area contributed by atoms with Crippen LogP contribution in [0.4, 0.5) is 0 Å². The van der Waals surface area contributed by atoms with Crippen LogP contribution in [0.5, 0.6) is 11.5 Å². The predicted molar refractivity (Wildman–Crippen MR) is 102 cm³/mol. The van der Waals surface area contributed by atoms with Crippen LogP contribution < -0.4 is 9.47 Å². The van der Waals surface area contributed by atoms with Gasteiger partial charge in [-0.25, -0.2) is 0 Å². The van der Waals surface area contributed by atoms with Crippen molar-refractivity contribution >= 4 is 5.91 Å². The number of nitrogens with zero attached hydrogens (tertiary/aromatic N) is 1. The van der Waals surface area contributed by atoms with E-state index in [4.69, 9.17) is 9.47 Å². The summed E-state index contributed by atoms with van der Waals surface area (Å²) in [5, 5.41) is 0. The van der Waals surface area contributed by atoms with E-state index in [1.165, 1.54) is 38.5 Å². The van der Waals surface area contributed by atoms with Crippen LogP contribution in [0.15, 0.2) is 12.1 Å². The zero-order valence-electron chi connectivity index (χ0n) is 16.1. The molecule has 4 heteroatoms. The molecule has 1 heterocycles. The Morgan fingerprint density at radius 1 is 0.880 bits per heavy atom. The highest BCUT2D eigenvalue weighted by molar-refractivity contribution is 5.98. The van der Waals surface area contributed by atoms with E-state index < -0.39 is 0 Å². The molecule has 0 saturated heterocycles. The van der Waals surface area contributed by atoms with E-state index in [0.717, 1.165) is 35.5 Å². The Morgan fingerprint density at radius 2 is 1.44 bits per heavy atom. The number of ether oxygens (including phenoxy) is 2. The van der Waals surface area contributed by atoms with Crippen LogP contribution in [0.2, 0.25) is 0 Å². The number of unbranched alkanes of at least 4 members (excludes halogenated alkanes) is 6. The summed E-state index contributed by atoms with van der Waals surface area (Å²) < 4.78 is 12.0. The summed E-state index contributed by atoms with van der Waals surface area (Å²) in [7, 11) is 1.83. The van der Waals surface area contributed by atoms with E-state index in [1.54, 1.807) is 4.90 Å². The molecule has 0 aromatic heterocycles. The van der Waals surface area contributed by atoms with Gasteiger partial charge in [0.15, 0.2) is 11.5 Å². The fourth-order valence-electron chi connectivity index (χ4n) is 3.11. The fraction of sp³-hybridized carbons (Fsp3) is 0.667. The van der Waals surface area contributed by atoms with Gasteiger partial charge in [0.2, 0.25) is 0 Å². The normalized spacial score (nSPS) is 13.2. The average molecular weight is 347 g/mol. The monoisotopic (exact) mass is 347 g/mol. The van der Waals surface area contributed by atoms with Crippen LogP contribution in [0.25, 0.3) is 0 Å². The molecule has 0 N–H and O–H groups in total. The molecule has 1 aliphatic heterocycles. The molecule has 0 radical (unpaired) electrons. The van der Waals surface area contributed by atoms with E-state index in [1.807, 2.05) is 19.2 Å². The maximum Gasteiger partial charge on any atom is 0.254 e. The van der Waals surface area contributed by atoms with Crippen LogP contribution in [0, 0.1) is 0 Å². The summed E-state index contributed by atoms with van der Waals surface area (Å²) in [6.07, 6.45) is 9.37. The van der Waals surface area contributed by atoms with E-state index in [2.05, 4.69) is 13.8 Å². The number of hydrogen-bond acceptors (Lipinski definition) is 3. The summed E-state index contributed by atoms with van der Waals surface area (Å²) >= 11 is 0. The molecule has 0 atom stereocenters. The van der Waals surface area contributed by atoms with Gasteiger partial charge in [-0.3, -0.25) is 4.79 Å². The van der Waals surface area contributed by atoms with Crippen molar-refractivity contribution < 1.29 is 14.3 Å². The van der Waals surface area contributed by atoms with Gasteiger partial charge in [-0.05, 0) is 30.5 Å².